The first-order valence-electron chi connectivity index (χ1n) is 7.05. The van der Waals surface area contributed by atoms with Gasteiger partial charge in [-0.3, -0.25) is 4.79 Å². The van der Waals surface area contributed by atoms with E-state index in [0.29, 0.717) is 34.2 Å². The molecule has 1 heterocycles. The standard InChI is InChI=1S/C17H16ClN3O3/c1-3-8-19-15-7-5-12(10-20-15)16(22)21-14-9-11(17(23)24-2)4-6-13(14)18/h3-7,9-10H,1,8H2,2H3,(H,19,20)(H,21,22). The van der Waals surface area contributed by atoms with Gasteiger partial charge in [0.05, 0.1) is 28.9 Å². The molecule has 2 N–H and O–H groups in total. The summed E-state index contributed by atoms with van der Waals surface area (Å²) in [6.45, 7) is 4.18. The van der Waals surface area contributed by atoms with Crippen LogP contribution in [0.3, 0.4) is 0 Å². The first kappa shape index (κ1) is 17.5. The van der Waals surface area contributed by atoms with Crippen molar-refractivity contribution in [2.24, 2.45) is 0 Å². The second-order valence-electron chi connectivity index (χ2n) is 4.74. The van der Waals surface area contributed by atoms with Gasteiger partial charge in [0.1, 0.15) is 5.82 Å². The Morgan fingerprint density at radius 2 is 2.04 bits per heavy atom. The molecule has 7 heteroatoms. The predicted molar refractivity (Wildman–Crippen MR) is 93.7 cm³/mol. The van der Waals surface area contributed by atoms with Crippen molar-refractivity contribution in [3.8, 4) is 0 Å². The van der Waals surface area contributed by atoms with E-state index in [9.17, 15) is 9.59 Å². The third-order valence-electron chi connectivity index (χ3n) is 3.09. The molecule has 0 fully saturated rings. The minimum atomic E-state index is -0.513. The Hall–Kier alpha value is -2.86. The largest absolute Gasteiger partial charge is 0.465 e. The summed E-state index contributed by atoms with van der Waals surface area (Å²) in [6, 6.07) is 7.81. The number of rotatable bonds is 6. The van der Waals surface area contributed by atoms with E-state index >= 15 is 0 Å². The highest BCUT2D eigenvalue weighted by Crippen LogP contribution is 2.24. The molecule has 6 nitrogen and oxygen atoms in total. The van der Waals surface area contributed by atoms with Gasteiger partial charge in [-0.25, -0.2) is 9.78 Å². The molecule has 124 valence electrons. The van der Waals surface area contributed by atoms with Crippen LogP contribution < -0.4 is 10.6 Å². The van der Waals surface area contributed by atoms with Crippen LogP contribution in [0.15, 0.2) is 49.2 Å². The molecule has 2 aromatic rings. The van der Waals surface area contributed by atoms with E-state index in [4.69, 9.17) is 11.6 Å². The van der Waals surface area contributed by atoms with E-state index in [-0.39, 0.29) is 5.91 Å². The lowest BCUT2D eigenvalue weighted by atomic mass is 10.2. The fourth-order valence-corrected chi connectivity index (χ4v) is 2.03. The van der Waals surface area contributed by atoms with Crippen LogP contribution in [-0.2, 0) is 4.74 Å². The normalized spacial score (nSPS) is 9.92. The monoisotopic (exact) mass is 345 g/mol. The molecule has 1 aromatic heterocycles. The quantitative estimate of drug-likeness (QED) is 0.619. The van der Waals surface area contributed by atoms with Gasteiger partial charge in [-0.1, -0.05) is 17.7 Å². The highest BCUT2D eigenvalue weighted by atomic mass is 35.5. The summed E-state index contributed by atoms with van der Waals surface area (Å²) in [5.41, 5.74) is 0.969. The van der Waals surface area contributed by atoms with E-state index in [0.717, 1.165) is 0 Å². The molecular formula is C17H16ClN3O3. The van der Waals surface area contributed by atoms with Crippen LogP contribution in [0.5, 0.6) is 0 Å². The maximum absolute atomic E-state index is 12.3. The zero-order valence-corrected chi connectivity index (χ0v) is 13.8. The van der Waals surface area contributed by atoms with Crippen LogP contribution in [0.25, 0.3) is 0 Å². The van der Waals surface area contributed by atoms with Crippen molar-refractivity contribution < 1.29 is 14.3 Å². The molecule has 0 unspecified atom stereocenters. The summed E-state index contributed by atoms with van der Waals surface area (Å²) < 4.78 is 4.65. The maximum atomic E-state index is 12.3. The molecule has 0 saturated heterocycles. The Balaban J connectivity index is 2.14. The minimum absolute atomic E-state index is 0.291. The number of carbonyl (C=O) groups excluding carboxylic acids is 2. The average Bonchev–Trinajstić information content (AvgIpc) is 2.61. The van der Waals surface area contributed by atoms with Gasteiger partial charge in [0.15, 0.2) is 0 Å². The lowest BCUT2D eigenvalue weighted by molar-refractivity contribution is 0.0600. The number of pyridine rings is 1. The van der Waals surface area contributed by atoms with E-state index in [1.807, 2.05) is 0 Å². The zero-order valence-electron chi connectivity index (χ0n) is 13.0. The van der Waals surface area contributed by atoms with Crippen molar-refractivity contribution in [1.29, 1.82) is 0 Å². The Kier molecular flexibility index (Phi) is 5.92. The van der Waals surface area contributed by atoms with Crippen LogP contribution in [0, 0.1) is 0 Å². The van der Waals surface area contributed by atoms with Crippen LogP contribution in [-0.4, -0.2) is 30.5 Å². The number of methoxy groups -OCH3 is 1. The molecule has 0 bridgehead atoms. The second kappa shape index (κ2) is 8.12. The molecule has 0 aliphatic heterocycles. The van der Waals surface area contributed by atoms with Gasteiger partial charge in [0.2, 0.25) is 0 Å². The number of aromatic nitrogens is 1. The van der Waals surface area contributed by atoms with Gasteiger partial charge < -0.3 is 15.4 Å². The second-order valence-corrected chi connectivity index (χ2v) is 5.15. The Morgan fingerprint density at radius 1 is 1.29 bits per heavy atom. The number of hydrogen-bond acceptors (Lipinski definition) is 5. The van der Waals surface area contributed by atoms with Gasteiger partial charge in [0.25, 0.3) is 5.91 Å². The van der Waals surface area contributed by atoms with Crippen molar-refractivity contribution in [2.45, 2.75) is 0 Å². The van der Waals surface area contributed by atoms with Gasteiger partial charge in [0, 0.05) is 12.7 Å². The van der Waals surface area contributed by atoms with Crippen LogP contribution >= 0.6 is 11.6 Å². The molecule has 0 aliphatic rings. The molecule has 0 atom stereocenters. The third kappa shape index (κ3) is 4.33. The fraction of sp³-hybridized carbons (Fsp3) is 0.118. The van der Waals surface area contributed by atoms with Crippen LogP contribution in [0.4, 0.5) is 11.5 Å². The molecular weight excluding hydrogens is 330 g/mol. The topological polar surface area (TPSA) is 80.3 Å². The molecule has 0 radical (unpaired) electrons. The van der Waals surface area contributed by atoms with Crippen molar-refractivity contribution in [3.05, 3.63) is 65.3 Å². The first-order valence-corrected chi connectivity index (χ1v) is 7.43. The summed E-state index contributed by atoms with van der Waals surface area (Å²) in [5, 5.41) is 5.98. The molecule has 0 aliphatic carbocycles. The highest BCUT2D eigenvalue weighted by molar-refractivity contribution is 6.34. The summed E-state index contributed by atoms with van der Waals surface area (Å²) in [5.74, 6) is -0.264. The van der Waals surface area contributed by atoms with E-state index in [1.165, 1.54) is 31.5 Å². The molecule has 1 amide bonds. The summed E-state index contributed by atoms with van der Waals surface area (Å²) in [4.78, 5) is 28.0. The molecule has 0 spiro atoms. The first-order chi connectivity index (χ1) is 11.5. The summed E-state index contributed by atoms with van der Waals surface area (Å²) in [7, 11) is 1.28. The van der Waals surface area contributed by atoms with E-state index in [2.05, 4.69) is 26.9 Å². The Bertz CT molecular complexity index is 760. The zero-order chi connectivity index (χ0) is 17.5. The van der Waals surface area contributed by atoms with Gasteiger partial charge in [-0.05, 0) is 30.3 Å². The lowest BCUT2D eigenvalue weighted by Gasteiger charge is -2.09. The van der Waals surface area contributed by atoms with Gasteiger partial charge >= 0.3 is 5.97 Å². The van der Waals surface area contributed by atoms with Crippen molar-refractivity contribution in [2.75, 3.05) is 24.3 Å². The maximum Gasteiger partial charge on any atom is 0.337 e. The molecule has 2 rings (SSSR count). The number of esters is 1. The average molecular weight is 346 g/mol. The van der Waals surface area contributed by atoms with Crippen molar-refractivity contribution in [1.82, 2.24) is 4.98 Å². The number of ether oxygens (including phenoxy) is 1. The number of halogens is 1. The number of benzene rings is 1. The van der Waals surface area contributed by atoms with Crippen LogP contribution in [0.1, 0.15) is 20.7 Å². The predicted octanol–water partition coefficient (Wildman–Crippen LogP) is 3.37. The Morgan fingerprint density at radius 3 is 2.67 bits per heavy atom. The number of hydrogen-bond donors (Lipinski definition) is 2. The van der Waals surface area contributed by atoms with E-state index < -0.39 is 5.97 Å². The minimum Gasteiger partial charge on any atom is -0.465 e. The summed E-state index contributed by atoms with van der Waals surface area (Å²) in [6.07, 6.45) is 3.15. The smallest absolute Gasteiger partial charge is 0.337 e. The summed E-state index contributed by atoms with van der Waals surface area (Å²) >= 11 is 6.06. The van der Waals surface area contributed by atoms with E-state index in [1.54, 1.807) is 18.2 Å². The molecule has 24 heavy (non-hydrogen) atoms. The molecule has 1 aromatic carbocycles. The van der Waals surface area contributed by atoms with Gasteiger partial charge in [-0.2, -0.15) is 0 Å². The number of amides is 1. The van der Waals surface area contributed by atoms with Crippen molar-refractivity contribution >= 4 is 35.0 Å². The fourth-order valence-electron chi connectivity index (χ4n) is 1.87. The van der Waals surface area contributed by atoms with Gasteiger partial charge in [-0.15, -0.1) is 6.58 Å². The number of nitrogens with one attached hydrogen (secondary N) is 2. The number of anilines is 2. The highest BCUT2D eigenvalue weighted by Gasteiger charge is 2.12. The van der Waals surface area contributed by atoms with Crippen molar-refractivity contribution in [3.63, 3.8) is 0 Å². The Labute approximate surface area is 144 Å². The molecule has 0 saturated carbocycles. The number of carbonyl (C=O) groups is 2. The third-order valence-corrected chi connectivity index (χ3v) is 3.42. The number of nitrogens with zero attached hydrogens (tertiary/aromatic N) is 1. The lowest BCUT2D eigenvalue weighted by Crippen LogP contribution is -2.13. The van der Waals surface area contributed by atoms with Crippen LogP contribution in [0.2, 0.25) is 5.02 Å². The SMILES string of the molecule is C=CCNc1ccc(C(=O)Nc2cc(C(=O)OC)ccc2Cl)cn1.